The van der Waals surface area contributed by atoms with Gasteiger partial charge >= 0.3 is 0 Å². The molecule has 3 aromatic rings. The first-order chi connectivity index (χ1) is 9.78. The summed E-state index contributed by atoms with van der Waals surface area (Å²) >= 11 is 0. The van der Waals surface area contributed by atoms with E-state index in [4.69, 9.17) is 4.74 Å². The highest BCUT2D eigenvalue weighted by Crippen LogP contribution is 2.22. The van der Waals surface area contributed by atoms with Crippen LogP contribution in [0.1, 0.15) is 5.56 Å². The molecule has 0 atom stereocenters. The van der Waals surface area contributed by atoms with Gasteiger partial charge in [0.15, 0.2) is 0 Å². The summed E-state index contributed by atoms with van der Waals surface area (Å²) in [6.45, 7) is 2.08. The Morgan fingerprint density at radius 3 is 2.45 bits per heavy atom. The van der Waals surface area contributed by atoms with E-state index in [1.165, 1.54) is 5.56 Å². The van der Waals surface area contributed by atoms with Gasteiger partial charge in [0, 0.05) is 35.9 Å². The molecule has 0 aliphatic heterocycles. The average molecular weight is 265 g/mol. The van der Waals surface area contributed by atoms with Crippen LogP contribution in [-0.2, 0) is 0 Å². The van der Waals surface area contributed by atoms with E-state index in [9.17, 15) is 0 Å². The molecule has 4 heteroatoms. The van der Waals surface area contributed by atoms with E-state index in [1.54, 1.807) is 19.5 Å². The largest absolute Gasteiger partial charge is 0.481 e. The van der Waals surface area contributed by atoms with E-state index < -0.39 is 0 Å². The highest BCUT2D eigenvalue weighted by atomic mass is 16.5. The number of pyridine rings is 1. The van der Waals surface area contributed by atoms with E-state index >= 15 is 0 Å². The van der Waals surface area contributed by atoms with Crippen LogP contribution in [0.15, 0.2) is 55.0 Å². The number of nitrogens with zero attached hydrogens (tertiary/aromatic N) is 3. The van der Waals surface area contributed by atoms with Gasteiger partial charge in [0.05, 0.1) is 7.11 Å². The zero-order valence-corrected chi connectivity index (χ0v) is 11.4. The molecular formula is C16H15N3O. The van der Waals surface area contributed by atoms with Gasteiger partial charge in [-0.1, -0.05) is 17.7 Å². The van der Waals surface area contributed by atoms with Crippen molar-refractivity contribution >= 4 is 0 Å². The molecule has 1 aromatic carbocycles. The molecule has 100 valence electrons. The lowest BCUT2D eigenvalue weighted by Crippen LogP contribution is -1.97. The quantitative estimate of drug-likeness (QED) is 0.729. The van der Waals surface area contributed by atoms with Gasteiger partial charge in [-0.05, 0) is 25.1 Å². The zero-order chi connectivity index (χ0) is 13.9. The predicted octanol–water partition coefficient (Wildman–Crippen LogP) is 3.25. The van der Waals surface area contributed by atoms with Crippen molar-refractivity contribution in [3.05, 3.63) is 60.6 Å². The molecular weight excluding hydrogens is 250 g/mol. The van der Waals surface area contributed by atoms with E-state index in [-0.39, 0.29) is 0 Å². The van der Waals surface area contributed by atoms with Gasteiger partial charge in [0.25, 0.3) is 0 Å². The van der Waals surface area contributed by atoms with Crippen molar-refractivity contribution in [2.24, 2.45) is 0 Å². The molecule has 2 aromatic heterocycles. The number of rotatable bonds is 3. The highest BCUT2D eigenvalue weighted by Gasteiger charge is 2.08. The van der Waals surface area contributed by atoms with Gasteiger partial charge in [-0.15, -0.1) is 0 Å². The van der Waals surface area contributed by atoms with E-state index in [0.717, 1.165) is 17.1 Å². The van der Waals surface area contributed by atoms with Crippen molar-refractivity contribution in [1.29, 1.82) is 0 Å². The van der Waals surface area contributed by atoms with Crippen LogP contribution < -0.4 is 4.74 Å². The van der Waals surface area contributed by atoms with Crippen LogP contribution in [0.5, 0.6) is 5.88 Å². The van der Waals surface area contributed by atoms with E-state index in [0.29, 0.717) is 5.88 Å². The third-order valence-corrected chi connectivity index (χ3v) is 3.16. The Morgan fingerprint density at radius 2 is 1.80 bits per heavy atom. The molecule has 4 nitrogen and oxygen atoms in total. The van der Waals surface area contributed by atoms with Gasteiger partial charge in [0.1, 0.15) is 5.82 Å². The van der Waals surface area contributed by atoms with E-state index in [2.05, 4.69) is 41.2 Å². The third kappa shape index (κ3) is 2.28. The first-order valence-corrected chi connectivity index (χ1v) is 6.39. The van der Waals surface area contributed by atoms with Crippen molar-refractivity contribution in [3.63, 3.8) is 0 Å². The van der Waals surface area contributed by atoms with Crippen molar-refractivity contribution in [3.8, 4) is 23.0 Å². The normalized spacial score (nSPS) is 10.5. The summed E-state index contributed by atoms with van der Waals surface area (Å²) in [6.07, 6.45) is 5.51. The minimum absolute atomic E-state index is 0.599. The Bertz CT molecular complexity index is 699. The minimum Gasteiger partial charge on any atom is -0.481 e. The Morgan fingerprint density at radius 1 is 1.00 bits per heavy atom. The molecule has 0 N–H and O–H groups in total. The maximum absolute atomic E-state index is 5.08. The summed E-state index contributed by atoms with van der Waals surface area (Å²) < 4.78 is 7.12. The summed E-state index contributed by atoms with van der Waals surface area (Å²) in [7, 11) is 1.61. The van der Waals surface area contributed by atoms with Crippen LogP contribution >= 0.6 is 0 Å². The molecule has 0 bridgehead atoms. The first kappa shape index (κ1) is 12.4. The first-order valence-electron chi connectivity index (χ1n) is 6.39. The van der Waals surface area contributed by atoms with Crippen molar-refractivity contribution in [2.45, 2.75) is 6.92 Å². The van der Waals surface area contributed by atoms with Crippen molar-refractivity contribution < 1.29 is 4.74 Å². The smallest absolute Gasteiger partial charge is 0.212 e. The van der Waals surface area contributed by atoms with Crippen LogP contribution in [0.2, 0.25) is 0 Å². The zero-order valence-electron chi connectivity index (χ0n) is 11.4. The lowest BCUT2D eigenvalue weighted by atomic mass is 10.2. The second-order valence-corrected chi connectivity index (χ2v) is 4.55. The minimum atomic E-state index is 0.599. The summed E-state index contributed by atoms with van der Waals surface area (Å²) in [5, 5.41) is 0. The molecule has 0 saturated carbocycles. The second-order valence-electron chi connectivity index (χ2n) is 4.55. The standard InChI is InChI=1S/C16H15N3O/c1-12-3-6-14(7-4-12)19-10-9-17-16(19)13-5-8-15(20-2)18-11-13/h3-11H,1-2H3. The molecule has 0 unspecified atom stereocenters. The Labute approximate surface area is 117 Å². The van der Waals surface area contributed by atoms with Gasteiger partial charge in [-0.3, -0.25) is 4.57 Å². The lowest BCUT2D eigenvalue weighted by molar-refractivity contribution is 0.398. The Kier molecular flexibility index (Phi) is 3.21. The Balaban J connectivity index is 2.02. The van der Waals surface area contributed by atoms with Crippen LogP contribution in [0.3, 0.4) is 0 Å². The number of ether oxygens (including phenoxy) is 1. The number of benzene rings is 1. The molecule has 3 rings (SSSR count). The second kappa shape index (κ2) is 5.17. The molecule has 0 radical (unpaired) electrons. The third-order valence-electron chi connectivity index (χ3n) is 3.16. The number of hydrogen-bond donors (Lipinski definition) is 0. The SMILES string of the molecule is COc1ccc(-c2nccn2-c2ccc(C)cc2)cn1. The molecule has 0 amide bonds. The number of aromatic nitrogens is 3. The average Bonchev–Trinajstić information content (AvgIpc) is 2.97. The van der Waals surface area contributed by atoms with Gasteiger partial charge < -0.3 is 4.74 Å². The summed E-state index contributed by atoms with van der Waals surface area (Å²) in [6, 6.07) is 12.1. The molecule has 2 heterocycles. The predicted molar refractivity (Wildman–Crippen MR) is 78.1 cm³/mol. The van der Waals surface area contributed by atoms with E-state index in [1.807, 2.05) is 22.9 Å². The number of hydrogen-bond acceptors (Lipinski definition) is 3. The fourth-order valence-corrected chi connectivity index (χ4v) is 2.06. The molecule has 0 aliphatic rings. The van der Waals surface area contributed by atoms with Gasteiger partial charge in [-0.2, -0.15) is 0 Å². The van der Waals surface area contributed by atoms with Gasteiger partial charge in [-0.25, -0.2) is 9.97 Å². The summed E-state index contributed by atoms with van der Waals surface area (Å²) in [4.78, 5) is 8.65. The van der Waals surface area contributed by atoms with Gasteiger partial charge in [0.2, 0.25) is 5.88 Å². The number of imidazole rings is 1. The molecule has 20 heavy (non-hydrogen) atoms. The maximum Gasteiger partial charge on any atom is 0.212 e. The highest BCUT2D eigenvalue weighted by molar-refractivity contribution is 5.58. The monoisotopic (exact) mass is 265 g/mol. The fourth-order valence-electron chi connectivity index (χ4n) is 2.06. The number of methoxy groups -OCH3 is 1. The molecule has 0 saturated heterocycles. The fraction of sp³-hybridized carbons (Fsp3) is 0.125. The molecule has 0 spiro atoms. The van der Waals surface area contributed by atoms with Crippen molar-refractivity contribution in [2.75, 3.05) is 7.11 Å². The molecule has 0 aliphatic carbocycles. The lowest BCUT2D eigenvalue weighted by Gasteiger charge is -2.08. The summed E-state index contributed by atoms with van der Waals surface area (Å²) in [5.41, 5.74) is 3.27. The maximum atomic E-state index is 5.08. The van der Waals surface area contributed by atoms with Crippen LogP contribution in [0.4, 0.5) is 0 Å². The number of aryl methyl sites for hydroxylation is 1. The van der Waals surface area contributed by atoms with Crippen LogP contribution in [-0.4, -0.2) is 21.6 Å². The molecule has 0 fully saturated rings. The van der Waals surface area contributed by atoms with Crippen molar-refractivity contribution in [1.82, 2.24) is 14.5 Å². The van der Waals surface area contributed by atoms with Crippen LogP contribution in [0.25, 0.3) is 17.1 Å². The Hall–Kier alpha value is -2.62. The van der Waals surface area contributed by atoms with Crippen LogP contribution in [0, 0.1) is 6.92 Å². The topological polar surface area (TPSA) is 39.9 Å². The summed E-state index contributed by atoms with van der Waals surface area (Å²) in [5.74, 6) is 1.46.